The molecule has 0 bridgehead atoms. The summed E-state index contributed by atoms with van der Waals surface area (Å²) in [5, 5.41) is 0. The molecule has 0 saturated heterocycles. The first kappa shape index (κ1) is 13.2. The number of aryl methyl sites for hydroxylation is 1. The van der Waals surface area contributed by atoms with Crippen LogP contribution < -0.4 is 5.73 Å². The molecule has 3 rings (SSSR count). The van der Waals surface area contributed by atoms with E-state index in [0.717, 1.165) is 48.8 Å². The Morgan fingerprint density at radius 1 is 1.35 bits per heavy atom. The van der Waals surface area contributed by atoms with Crippen molar-refractivity contribution in [2.24, 2.45) is 0 Å². The van der Waals surface area contributed by atoms with Gasteiger partial charge >= 0.3 is 0 Å². The summed E-state index contributed by atoms with van der Waals surface area (Å²) in [7, 11) is 0. The molecule has 0 aromatic carbocycles. The third-order valence-corrected chi connectivity index (χ3v) is 3.99. The predicted molar refractivity (Wildman–Crippen MR) is 80.4 cm³/mol. The fourth-order valence-electron chi connectivity index (χ4n) is 2.67. The summed E-state index contributed by atoms with van der Waals surface area (Å²) in [4.78, 5) is 9.06. The van der Waals surface area contributed by atoms with E-state index < -0.39 is 0 Å². The Labute approximate surface area is 119 Å². The van der Waals surface area contributed by atoms with Gasteiger partial charge in [-0.3, -0.25) is 0 Å². The molecule has 20 heavy (non-hydrogen) atoms. The second-order valence-corrected chi connectivity index (χ2v) is 5.54. The van der Waals surface area contributed by atoms with Crippen molar-refractivity contribution in [3.63, 3.8) is 0 Å². The maximum atomic E-state index is 6.36. The van der Waals surface area contributed by atoms with E-state index in [9.17, 15) is 0 Å². The van der Waals surface area contributed by atoms with Gasteiger partial charge in [0.05, 0.1) is 18.2 Å². The highest BCUT2D eigenvalue weighted by Gasteiger charge is 2.27. The van der Waals surface area contributed by atoms with Gasteiger partial charge in [-0.15, -0.1) is 0 Å². The van der Waals surface area contributed by atoms with Crippen LogP contribution in [0.1, 0.15) is 51.4 Å². The van der Waals surface area contributed by atoms with Crippen LogP contribution in [0.15, 0.2) is 12.5 Å². The number of nitrogens with zero attached hydrogens (tertiary/aromatic N) is 4. The molecule has 5 nitrogen and oxygen atoms in total. The average Bonchev–Trinajstić information content (AvgIpc) is 3.10. The van der Waals surface area contributed by atoms with E-state index in [1.807, 2.05) is 12.5 Å². The summed E-state index contributed by atoms with van der Waals surface area (Å²) in [6.07, 6.45) is 9.47. The molecule has 0 amide bonds. The van der Waals surface area contributed by atoms with Gasteiger partial charge in [0, 0.05) is 19.0 Å². The van der Waals surface area contributed by atoms with Crippen LogP contribution in [-0.4, -0.2) is 19.1 Å². The molecule has 108 valence electrons. The number of hydrogen-bond acceptors (Lipinski definition) is 3. The standard InChI is InChI=1S/C15H23N5/c1-3-5-8-19-13(4-2)18-14(15(19)16)12-9-17-10-20(12)11-6-7-11/h9-11H,3-8,16H2,1-2H3. The Kier molecular flexibility index (Phi) is 3.51. The van der Waals surface area contributed by atoms with E-state index in [0.29, 0.717) is 6.04 Å². The zero-order valence-electron chi connectivity index (χ0n) is 12.3. The molecular formula is C15H23N5. The van der Waals surface area contributed by atoms with Crippen molar-refractivity contribution in [1.29, 1.82) is 0 Å². The number of anilines is 1. The van der Waals surface area contributed by atoms with E-state index >= 15 is 0 Å². The number of unbranched alkanes of at least 4 members (excludes halogenated alkanes) is 1. The lowest BCUT2D eigenvalue weighted by atomic mass is 10.3. The third-order valence-electron chi connectivity index (χ3n) is 3.99. The monoisotopic (exact) mass is 273 g/mol. The first-order valence-corrected chi connectivity index (χ1v) is 7.63. The first-order valence-electron chi connectivity index (χ1n) is 7.63. The summed E-state index contributed by atoms with van der Waals surface area (Å²) >= 11 is 0. The summed E-state index contributed by atoms with van der Waals surface area (Å²) in [5.41, 5.74) is 8.33. The van der Waals surface area contributed by atoms with Crippen molar-refractivity contribution in [3.05, 3.63) is 18.3 Å². The van der Waals surface area contributed by atoms with E-state index in [-0.39, 0.29) is 0 Å². The number of imidazole rings is 2. The molecule has 0 aliphatic heterocycles. The number of nitrogens with two attached hydrogens (primary N) is 1. The molecular weight excluding hydrogens is 250 g/mol. The van der Waals surface area contributed by atoms with Crippen LogP contribution in [0.3, 0.4) is 0 Å². The van der Waals surface area contributed by atoms with Crippen molar-refractivity contribution in [2.75, 3.05) is 5.73 Å². The number of hydrogen-bond donors (Lipinski definition) is 1. The highest BCUT2D eigenvalue weighted by Crippen LogP contribution is 2.39. The molecule has 0 spiro atoms. The van der Waals surface area contributed by atoms with Crippen molar-refractivity contribution in [1.82, 2.24) is 19.1 Å². The van der Waals surface area contributed by atoms with Crippen LogP contribution in [0.25, 0.3) is 11.4 Å². The Balaban J connectivity index is 2.00. The molecule has 5 heteroatoms. The Bertz CT molecular complexity index is 591. The fourth-order valence-corrected chi connectivity index (χ4v) is 2.67. The molecule has 1 fully saturated rings. The zero-order chi connectivity index (χ0) is 14.1. The molecule has 2 aromatic rings. The van der Waals surface area contributed by atoms with Gasteiger partial charge in [0.1, 0.15) is 17.3 Å². The largest absolute Gasteiger partial charge is 0.383 e. The number of nitrogen functional groups attached to an aromatic ring is 1. The van der Waals surface area contributed by atoms with Gasteiger partial charge < -0.3 is 14.9 Å². The van der Waals surface area contributed by atoms with Crippen LogP contribution in [0.2, 0.25) is 0 Å². The molecule has 0 unspecified atom stereocenters. The lowest BCUT2D eigenvalue weighted by Gasteiger charge is -2.08. The van der Waals surface area contributed by atoms with Gasteiger partial charge in [-0.25, -0.2) is 9.97 Å². The number of aromatic nitrogens is 4. The molecule has 1 aliphatic rings. The Morgan fingerprint density at radius 3 is 2.80 bits per heavy atom. The van der Waals surface area contributed by atoms with Crippen LogP contribution >= 0.6 is 0 Å². The van der Waals surface area contributed by atoms with Crippen molar-refractivity contribution >= 4 is 5.82 Å². The molecule has 2 aromatic heterocycles. The van der Waals surface area contributed by atoms with E-state index in [2.05, 4.69) is 28.0 Å². The van der Waals surface area contributed by atoms with Gasteiger partial charge in [0.2, 0.25) is 0 Å². The third kappa shape index (κ3) is 2.21. The lowest BCUT2D eigenvalue weighted by Crippen LogP contribution is -2.07. The predicted octanol–water partition coefficient (Wildman–Crippen LogP) is 3.03. The second-order valence-electron chi connectivity index (χ2n) is 5.54. The summed E-state index contributed by atoms with van der Waals surface area (Å²) in [5.74, 6) is 1.87. The van der Waals surface area contributed by atoms with Gasteiger partial charge in [-0.05, 0) is 19.3 Å². The van der Waals surface area contributed by atoms with Crippen LogP contribution in [0.5, 0.6) is 0 Å². The smallest absolute Gasteiger partial charge is 0.133 e. The molecule has 0 radical (unpaired) electrons. The van der Waals surface area contributed by atoms with E-state index in [1.54, 1.807) is 0 Å². The van der Waals surface area contributed by atoms with Gasteiger partial charge in [0.25, 0.3) is 0 Å². The van der Waals surface area contributed by atoms with E-state index in [1.165, 1.54) is 12.8 Å². The fraction of sp³-hybridized carbons (Fsp3) is 0.600. The lowest BCUT2D eigenvalue weighted by molar-refractivity contribution is 0.612. The van der Waals surface area contributed by atoms with Crippen molar-refractivity contribution in [3.8, 4) is 11.4 Å². The van der Waals surface area contributed by atoms with Crippen LogP contribution in [-0.2, 0) is 13.0 Å². The van der Waals surface area contributed by atoms with Crippen molar-refractivity contribution < 1.29 is 0 Å². The molecule has 0 atom stereocenters. The molecule has 1 saturated carbocycles. The van der Waals surface area contributed by atoms with Crippen LogP contribution in [0, 0.1) is 0 Å². The highest BCUT2D eigenvalue weighted by atomic mass is 15.2. The topological polar surface area (TPSA) is 61.7 Å². The zero-order valence-corrected chi connectivity index (χ0v) is 12.3. The average molecular weight is 273 g/mol. The SMILES string of the molecule is CCCCn1c(CC)nc(-c2cncn2C2CC2)c1N. The summed E-state index contributed by atoms with van der Waals surface area (Å²) in [6, 6.07) is 0.595. The Hall–Kier alpha value is -1.78. The van der Waals surface area contributed by atoms with Crippen LogP contribution in [0.4, 0.5) is 5.82 Å². The normalized spacial score (nSPS) is 14.9. The minimum absolute atomic E-state index is 0.595. The number of rotatable bonds is 6. The maximum absolute atomic E-state index is 6.36. The van der Waals surface area contributed by atoms with E-state index in [4.69, 9.17) is 10.7 Å². The van der Waals surface area contributed by atoms with Gasteiger partial charge in [0.15, 0.2) is 0 Å². The highest BCUT2D eigenvalue weighted by molar-refractivity contribution is 5.68. The Morgan fingerprint density at radius 2 is 2.15 bits per heavy atom. The quantitative estimate of drug-likeness (QED) is 0.880. The molecule has 1 aliphatic carbocycles. The second kappa shape index (κ2) is 5.31. The molecule has 2 heterocycles. The maximum Gasteiger partial charge on any atom is 0.133 e. The molecule has 2 N–H and O–H groups in total. The van der Waals surface area contributed by atoms with Gasteiger partial charge in [-0.1, -0.05) is 20.3 Å². The first-order chi connectivity index (χ1) is 9.76. The summed E-state index contributed by atoms with van der Waals surface area (Å²) < 4.78 is 4.39. The van der Waals surface area contributed by atoms with Gasteiger partial charge in [-0.2, -0.15) is 0 Å². The minimum atomic E-state index is 0.595. The minimum Gasteiger partial charge on any atom is -0.383 e. The van der Waals surface area contributed by atoms with Crippen molar-refractivity contribution in [2.45, 2.75) is 58.5 Å². The summed E-state index contributed by atoms with van der Waals surface area (Å²) in [6.45, 7) is 5.28.